The first-order chi connectivity index (χ1) is 16.6. The number of benzene rings is 2. The zero-order chi connectivity index (χ0) is 23.9. The second-order valence-electron chi connectivity index (χ2n) is 9.57. The lowest BCUT2D eigenvalue weighted by Gasteiger charge is -2.35. The van der Waals surface area contributed by atoms with Crippen LogP contribution in [-0.2, 0) is 9.59 Å². The fraction of sp³-hybridized carbons (Fsp3) is 0.500. The predicted octanol–water partition coefficient (Wildman–Crippen LogP) is 4.82. The molecule has 0 aromatic heterocycles. The van der Waals surface area contributed by atoms with E-state index in [0.717, 1.165) is 55.6 Å². The number of likely N-dealkylation sites (tertiary alicyclic amines) is 1. The summed E-state index contributed by atoms with van der Waals surface area (Å²) in [5.74, 6) is 1.70. The maximum absolute atomic E-state index is 13.9. The highest BCUT2D eigenvalue weighted by Crippen LogP contribution is 2.36. The third-order valence-corrected chi connectivity index (χ3v) is 7.27. The molecule has 2 aromatic carbocycles. The summed E-state index contributed by atoms with van der Waals surface area (Å²) in [6, 6.07) is 17.0. The maximum atomic E-state index is 13.9. The summed E-state index contributed by atoms with van der Waals surface area (Å²) in [5, 5.41) is 6.10. The Balaban J connectivity index is 1.53. The fourth-order valence-electron chi connectivity index (χ4n) is 5.22. The minimum absolute atomic E-state index is 0.00320. The van der Waals surface area contributed by atoms with Gasteiger partial charge < -0.3 is 20.3 Å². The largest absolute Gasteiger partial charge is 0.457 e. The molecule has 1 aliphatic carbocycles. The van der Waals surface area contributed by atoms with Crippen molar-refractivity contribution in [1.29, 1.82) is 0 Å². The molecule has 3 atom stereocenters. The van der Waals surface area contributed by atoms with Gasteiger partial charge in [0.25, 0.3) is 0 Å². The van der Waals surface area contributed by atoms with Crippen LogP contribution in [0.1, 0.15) is 63.5 Å². The lowest BCUT2D eigenvalue weighted by Crippen LogP contribution is -2.55. The summed E-state index contributed by atoms with van der Waals surface area (Å²) in [6.45, 7) is 2.54. The highest BCUT2D eigenvalue weighted by Gasteiger charge is 2.39. The van der Waals surface area contributed by atoms with Crippen LogP contribution in [-0.4, -0.2) is 42.4 Å². The molecule has 1 saturated carbocycles. The average Bonchev–Trinajstić information content (AvgIpc) is 3.38. The summed E-state index contributed by atoms with van der Waals surface area (Å²) in [4.78, 5) is 28.7. The van der Waals surface area contributed by atoms with Crippen LogP contribution in [0.4, 0.5) is 0 Å². The van der Waals surface area contributed by atoms with Crippen LogP contribution in [0.25, 0.3) is 0 Å². The van der Waals surface area contributed by atoms with Crippen LogP contribution in [0.2, 0.25) is 0 Å². The van der Waals surface area contributed by atoms with Crippen molar-refractivity contribution in [2.45, 2.75) is 70.0 Å². The van der Waals surface area contributed by atoms with Gasteiger partial charge in [-0.05, 0) is 75.4 Å². The minimum atomic E-state index is -0.465. The van der Waals surface area contributed by atoms with Crippen LogP contribution >= 0.6 is 0 Å². The number of nitrogens with zero attached hydrogens (tertiary/aromatic N) is 1. The van der Waals surface area contributed by atoms with Crippen molar-refractivity contribution < 1.29 is 14.3 Å². The number of hydrogen-bond donors (Lipinski definition) is 2. The first kappa shape index (κ1) is 24.3. The van der Waals surface area contributed by atoms with Crippen LogP contribution in [0.15, 0.2) is 54.6 Å². The van der Waals surface area contributed by atoms with Gasteiger partial charge >= 0.3 is 0 Å². The Morgan fingerprint density at radius 3 is 2.41 bits per heavy atom. The molecule has 2 N–H and O–H groups in total. The number of para-hydroxylation sites is 1. The molecule has 2 aliphatic rings. The highest BCUT2D eigenvalue weighted by atomic mass is 16.5. The van der Waals surface area contributed by atoms with E-state index in [-0.39, 0.29) is 29.8 Å². The van der Waals surface area contributed by atoms with E-state index < -0.39 is 6.04 Å². The molecule has 1 aliphatic heterocycles. The van der Waals surface area contributed by atoms with Gasteiger partial charge in [-0.2, -0.15) is 0 Å². The van der Waals surface area contributed by atoms with E-state index in [9.17, 15) is 9.59 Å². The summed E-state index contributed by atoms with van der Waals surface area (Å²) < 4.78 is 6.04. The van der Waals surface area contributed by atoms with Crippen molar-refractivity contribution in [1.82, 2.24) is 15.5 Å². The SMILES string of the molecule is CNC(C)C(=O)NC(C(=O)N1CCC[C@H]1c1cccc(Oc2ccccc2)c1)C1CCCCC1. The molecule has 182 valence electrons. The summed E-state index contributed by atoms with van der Waals surface area (Å²) in [7, 11) is 1.77. The zero-order valence-corrected chi connectivity index (χ0v) is 20.3. The Kier molecular flexibility index (Phi) is 8.22. The van der Waals surface area contributed by atoms with Gasteiger partial charge in [0.15, 0.2) is 0 Å². The Hall–Kier alpha value is -2.86. The number of nitrogens with one attached hydrogen (secondary N) is 2. The number of likely N-dealkylation sites (N-methyl/N-ethyl adjacent to an activating group) is 1. The average molecular weight is 464 g/mol. The minimum Gasteiger partial charge on any atom is -0.457 e. The number of carbonyl (C=O) groups is 2. The lowest BCUT2D eigenvalue weighted by atomic mass is 9.83. The van der Waals surface area contributed by atoms with E-state index in [2.05, 4.69) is 16.7 Å². The van der Waals surface area contributed by atoms with Gasteiger partial charge in [-0.3, -0.25) is 9.59 Å². The first-order valence-electron chi connectivity index (χ1n) is 12.7. The van der Waals surface area contributed by atoms with Crippen molar-refractivity contribution in [3.63, 3.8) is 0 Å². The van der Waals surface area contributed by atoms with Gasteiger partial charge in [-0.1, -0.05) is 49.6 Å². The third kappa shape index (κ3) is 5.79. The van der Waals surface area contributed by atoms with Crippen LogP contribution < -0.4 is 15.4 Å². The quantitative estimate of drug-likeness (QED) is 0.589. The molecule has 2 aromatic rings. The standard InChI is InChI=1S/C28H37N3O3/c1-20(29-2)27(32)30-26(21-11-5-3-6-12-21)28(33)31-18-10-17-25(31)22-13-9-16-24(19-22)34-23-14-7-4-8-15-23/h4,7-9,13-16,19-21,25-26,29H,3,5-6,10-12,17-18H2,1-2H3,(H,30,32)/t20?,25-,26?/m0/s1. The topological polar surface area (TPSA) is 70.7 Å². The molecular weight excluding hydrogens is 426 g/mol. The van der Waals surface area contributed by atoms with Crippen LogP contribution in [0.5, 0.6) is 11.5 Å². The normalized spacial score (nSPS) is 20.5. The molecule has 0 radical (unpaired) electrons. The molecule has 2 amide bonds. The Bertz CT molecular complexity index is 958. The molecule has 1 saturated heterocycles. The van der Waals surface area contributed by atoms with Crippen molar-refractivity contribution >= 4 is 11.8 Å². The van der Waals surface area contributed by atoms with E-state index in [1.165, 1.54) is 6.42 Å². The van der Waals surface area contributed by atoms with Gasteiger partial charge in [0.2, 0.25) is 11.8 Å². The Morgan fingerprint density at radius 2 is 1.68 bits per heavy atom. The maximum Gasteiger partial charge on any atom is 0.245 e. The monoisotopic (exact) mass is 463 g/mol. The summed E-state index contributed by atoms with van der Waals surface area (Å²) in [5.41, 5.74) is 1.08. The molecule has 6 nitrogen and oxygen atoms in total. The molecular formula is C28H37N3O3. The Labute approximate surface area is 203 Å². The van der Waals surface area contributed by atoms with Crippen molar-refractivity contribution in [3.05, 3.63) is 60.2 Å². The second kappa shape index (κ2) is 11.5. The van der Waals surface area contributed by atoms with Crippen LogP contribution in [0.3, 0.4) is 0 Å². The molecule has 2 unspecified atom stereocenters. The van der Waals surface area contributed by atoms with Crippen LogP contribution in [0, 0.1) is 5.92 Å². The highest BCUT2D eigenvalue weighted by molar-refractivity contribution is 5.90. The van der Waals surface area contributed by atoms with E-state index in [1.807, 2.05) is 60.4 Å². The number of hydrogen-bond acceptors (Lipinski definition) is 4. The molecule has 34 heavy (non-hydrogen) atoms. The number of ether oxygens (including phenoxy) is 1. The van der Waals surface area contributed by atoms with Crippen molar-refractivity contribution in [3.8, 4) is 11.5 Å². The van der Waals surface area contributed by atoms with Gasteiger partial charge in [0.1, 0.15) is 17.5 Å². The predicted molar refractivity (Wildman–Crippen MR) is 134 cm³/mol. The molecule has 2 fully saturated rings. The fourth-order valence-corrected chi connectivity index (χ4v) is 5.22. The lowest BCUT2D eigenvalue weighted by molar-refractivity contribution is -0.139. The van der Waals surface area contributed by atoms with Gasteiger partial charge in [0, 0.05) is 6.54 Å². The molecule has 4 rings (SSSR count). The van der Waals surface area contributed by atoms with Crippen molar-refractivity contribution in [2.24, 2.45) is 5.92 Å². The number of amides is 2. The summed E-state index contributed by atoms with van der Waals surface area (Å²) >= 11 is 0. The van der Waals surface area contributed by atoms with E-state index in [0.29, 0.717) is 6.54 Å². The van der Waals surface area contributed by atoms with E-state index >= 15 is 0 Å². The van der Waals surface area contributed by atoms with E-state index in [1.54, 1.807) is 7.05 Å². The Morgan fingerprint density at radius 1 is 0.941 bits per heavy atom. The molecule has 1 heterocycles. The van der Waals surface area contributed by atoms with Gasteiger partial charge in [-0.25, -0.2) is 0 Å². The second-order valence-corrected chi connectivity index (χ2v) is 9.57. The number of carbonyl (C=O) groups excluding carboxylic acids is 2. The van der Waals surface area contributed by atoms with Gasteiger partial charge in [-0.15, -0.1) is 0 Å². The molecule has 0 spiro atoms. The molecule has 0 bridgehead atoms. The van der Waals surface area contributed by atoms with Crippen molar-refractivity contribution in [2.75, 3.05) is 13.6 Å². The van der Waals surface area contributed by atoms with Gasteiger partial charge in [0.05, 0.1) is 12.1 Å². The smallest absolute Gasteiger partial charge is 0.245 e. The third-order valence-electron chi connectivity index (χ3n) is 7.27. The molecule has 6 heteroatoms. The first-order valence-corrected chi connectivity index (χ1v) is 12.7. The zero-order valence-electron chi connectivity index (χ0n) is 20.3. The number of rotatable bonds is 8. The summed E-state index contributed by atoms with van der Waals surface area (Å²) in [6.07, 6.45) is 7.30. The van der Waals surface area contributed by atoms with E-state index in [4.69, 9.17) is 4.74 Å².